The summed E-state index contributed by atoms with van der Waals surface area (Å²) in [6.07, 6.45) is 2.74. The Morgan fingerprint density at radius 2 is 1.54 bits per heavy atom. The van der Waals surface area contributed by atoms with Crippen LogP contribution in [0.4, 0.5) is 17.3 Å². The third kappa shape index (κ3) is 4.67. The molecule has 0 aliphatic carbocycles. The summed E-state index contributed by atoms with van der Waals surface area (Å²) in [5, 5.41) is 3.97. The van der Waals surface area contributed by atoms with Crippen LogP contribution in [0.2, 0.25) is 0 Å². The van der Waals surface area contributed by atoms with Gasteiger partial charge in [-0.1, -0.05) is 12.1 Å². The van der Waals surface area contributed by atoms with E-state index in [2.05, 4.69) is 19.7 Å². The summed E-state index contributed by atoms with van der Waals surface area (Å²) < 4.78 is 30.1. The van der Waals surface area contributed by atoms with E-state index in [4.69, 9.17) is 4.98 Å². The summed E-state index contributed by atoms with van der Waals surface area (Å²) in [7, 11) is -2.23. The first-order chi connectivity index (χ1) is 16.8. The van der Waals surface area contributed by atoms with Gasteiger partial charge in [0.2, 0.25) is 0 Å². The van der Waals surface area contributed by atoms with Crippen molar-refractivity contribution in [3.8, 4) is 0 Å². The number of anilines is 3. The SMILES string of the molecule is CC(=O)c1ccc(N2CCN(c3nc4ccccc4nc3NS(=O)(=O)c3cnn(C)c3)CC2)cc1. The van der Waals surface area contributed by atoms with Crippen molar-refractivity contribution in [2.75, 3.05) is 40.7 Å². The molecule has 0 amide bonds. The number of hydrogen-bond donors (Lipinski definition) is 1. The van der Waals surface area contributed by atoms with Gasteiger partial charge in [-0.25, -0.2) is 18.4 Å². The number of aryl methyl sites for hydroxylation is 1. The Hall–Kier alpha value is -3.99. The Labute approximate surface area is 203 Å². The molecule has 11 heteroatoms. The standard InChI is InChI=1S/C24H25N7O3S/c1-17(32)18-7-9-19(10-8-18)30-11-13-31(14-12-30)24-23(26-21-5-3-4-6-22(21)27-24)28-35(33,34)20-15-25-29(2)16-20/h3-10,15-16H,11-14H2,1-2H3,(H,26,28). The van der Waals surface area contributed by atoms with E-state index in [1.165, 1.54) is 17.1 Å². The molecular formula is C24H25N7O3S. The summed E-state index contributed by atoms with van der Waals surface area (Å²) in [6, 6.07) is 15.0. The summed E-state index contributed by atoms with van der Waals surface area (Å²) >= 11 is 0. The van der Waals surface area contributed by atoms with Crippen LogP contribution in [-0.2, 0) is 17.1 Å². The number of carbonyl (C=O) groups excluding carboxylic acids is 1. The average molecular weight is 492 g/mol. The van der Waals surface area contributed by atoms with E-state index in [9.17, 15) is 13.2 Å². The van der Waals surface area contributed by atoms with Crippen molar-refractivity contribution in [1.29, 1.82) is 0 Å². The Morgan fingerprint density at radius 3 is 2.14 bits per heavy atom. The normalized spacial score (nSPS) is 14.3. The minimum absolute atomic E-state index is 0.0394. The molecule has 1 aliphatic heterocycles. The molecule has 3 heterocycles. The molecule has 10 nitrogen and oxygen atoms in total. The molecule has 2 aromatic carbocycles. The first-order valence-corrected chi connectivity index (χ1v) is 12.7. The van der Waals surface area contributed by atoms with E-state index in [1.807, 2.05) is 47.4 Å². The van der Waals surface area contributed by atoms with Crippen LogP contribution in [0.5, 0.6) is 0 Å². The number of para-hydroxylation sites is 2. The maximum Gasteiger partial charge on any atom is 0.266 e. The van der Waals surface area contributed by atoms with Gasteiger partial charge < -0.3 is 9.80 Å². The zero-order valence-corrected chi connectivity index (χ0v) is 20.2. The van der Waals surface area contributed by atoms with E-state index in [0.29, 0.717) is 48.6 Å². The molecule has 4 aromatic rings. The Kier molecular flexibility index (Phi) is 5.85. The fraction of sp³-hybridized carbons (Fsp3) is 0.250. The molecule has 0 unspecified atom stereocenters. The number of Topliss-reactive ketones (excluding diaryl/α,β-unsaturated/α-hetero) is 1. The van der Waals surface area contributed by atoms with Gasteiger partial charge in [0.25, 0.3) is 10.0 Å². The summed E-state index contributed by atoms with van der Waals surface area (Å²) in [5.74, 6) is 0.715. The zero-order chi connectivity index (χ0) is 24.6. The highest BCUT2D eigenvalue weighted by Crippen LogP contribution is 2.29. The first kappa shape index (κ1) is 22.8. The van der Waals surface area contributed by atoms with Crippen LogP contribution < -0.4 is 14.5 Å². The second-order valence-corrected chi connectivity index (χ2v) is 10.1. The van der Waals surface area contributed by atoms with E-state index >= 15 is 0 Å². The van der Waals surface area contributed by atoms with Gasteiger partial charge in [-0.2, -0.15) is 5.10 Å². The number of rotatable bonds is 6. The van der Waals surface area contributed by atoms with Gasteiger partial charge in [0.1, 0.15) is 4.90 Å². The van der Waals surface area contributed by atoms with E-state index in [-0.39, 0.29) is 16.5 Å². The number of nitrogens with one attached hydrogen (secondary N) is 1. The fourth-order valence-corrected chi connectivity index (χ4v) is 5.07. The lowest BCUT2D eigenvalue weighted by molar-refractivity contribution is 0.101. The molecular weight excluding hydrogens is 466 g/mol. The minimum atomic E-state index is -3.89. The maximum atomic E-state index is 13.0. The second kappa shape index (κ2) is 8.99. The number of benzene rings is 2. The van der Waals surface area contributed by atoms with Gasteiger partial charge in [0, 0.05) is 50.7 Å². The topological polar surface area (TPSA) is 113 Å². The Balaban J connectivity index is 1.42. The number of carbonyl (C=O) groups is 1. The van der Waals surface area contributed by atoms with Crippen molar-refractivity contribution in [3.63, 3.8) is 0 Å². The van der Waals surface area contributed by atoms with Crippen molar-refractivity contribution in [3.05, 3.63) is 66.5 Å². The second-order valence-electron chi connectivity index (χ2n) is 8.42. The van der Waals surface area contributed by atoms with E-state index in [0.717, 1.165) is 5.69 Å². The lowest BCUT2D eigenvalue weighted by Gasteiger charge is -2.37. The zero-order valence-electron chi connectivity index (χ0n) is 19.4. The predicted octanol–water partition coefficient (Wildman–Crippen LogP) is 2.69. The third-order valence-electron chi connectivity index (χ3n) is 5.99. The summed E-state index contributed by atoms with van der Waals surface area (Å²) in [4.78, 5) is 25.3. The molecule has 5 rings (SSSR count). The minimum Gasteiger partial charge on any atom is -0.368 e. The fourth-order valence-electron chi connectivity index (χ4n) is 4.09. The number of aromatic nitrogens is 4. The van der Waals surface area contributed by atoms with Crippen LogP contribution in [0.1, 0.15) is 17.3 Å². The molecule has 0 bridgehead atoms. The molecule has 1 fully saturated rings. The monoisotopic (exact) mass is 491 g/mol. The van der Waals surface area contributed by atoms with Crippen LogP contribution in [0.25, 0.3) is 11.0 Å². The lowest BCUT2D eigenvalue weighted by atomic mass is 10.1. The van der Waals surface area contributed by atoms with E-state index in [1.54, 1.807) is 20.0 Å². The van der Waals surface area contributed by atoms with Gasteiger partial charge in [-0.05, 0) is 43.3 Å². The van der Waals surface area contributed by atoms with Crippen LogP contribution in [0, 0.1) is 0 Å². The molecule has 0 saturated carbocycles. The molecule has 35 heavy (non-hydrogen) atoms. The van der Waals surface area contributed by atoms with Gasteiger partial charge >= 0.3 is 0 Å². The molecule has 1 saturated heterocycles. The number of sulfonamides is 1. The number of hydrogen-bond acceptors (Lipinski definition) is 8. The van der Waals surface area contributed by atoms with Gasteiger partial charge in [-0.3, -0.25) is 14.2 Å². The first-order valence-electron chi connectivity index (χ1n) is 11.2. The average Bonchev–Trinajstić information content (AvgIpc) is 3.31. The van der Waals surface area contributed by atoms with Crippen LogP contribution in [0.3, 0.4) is 0 Å². The van der Waals surface area contributed by atoms with Crippen molar-refractivity contribution in [2.24, 2.45) is 7.05 Å². The highest BCUT2D eigenvalue weighted by atomic mass is 32.2. The molecule has 180 valence electrons. The molecule has 2 aromatic heterocycles. The Morgan fingerprint density at radius 1 is 0.914 bits per heavy atom. The molecule has 0 atom stereocenters. The number of nitrogens with zero attached hydrogens (tertiary/aromatic N) is 6. The Bertz CT molecular complexity index is 1490. The van der Waals surface area contributed by atoms with Gasteiger partial charge in [0.05, 0.1) is 17.2 Å². The number of piperazine rings is 1. The van der Waals surface area contributed by atoms with E-state index < -0.39 is 10.0 Å². The summed E-state index contributed by atoms with van der Waals surface area (Å²) in [5.41, 5.74) is 3.01. The third-order valence-corrected chi connectivity index (χ3v) is 7.29. The highest BCUT2D eigenvalue weighted by Gasteiger charge is 2.25. The summed E-state index contributed by atoms with van der Waals surface area (Å²) in [6.45, 7) is 4.23. The smallest absolute Gasteiger partial charge is 0.266 e. The molecule has 1 aliphatic rings. The van der Waals surface area contributed by atoms with Crippen LogP contribution in [0.15, 0.2) is 65.8 Å². The maximum absolute atomic E-state index is 13.0. The van der Waals surface area contributed by atoms with Crippen molar-refractivity contribution < 1.29 is 13.2 Å². The van der Waals surface area contributed by atoms with Crippen LogP contribution in [-0.4, -0.2) is 60.1 Å². The quantitative estimate of drug-likeness (QED) is 0.410. The molecule has 1 N–H and O–H groups in total. The number of ketones is 1. The van der Waals surface area contributed by atoms with Gasteiger partial charge in [-0.15, -0.1) is 0 Å². The molecule has 0 radical (unpaired) electrons. The number of fused-ring (bicyclic) bond motifs is 1. The highest BCUT2D eigenvalue weighted by molar-refractivity contribution is 7.92. The van der Waals surface area contributed by atoms with Crippen molar-refractivity contribution in [2.45, 2.75) is 11.8 Å². The largest absolute Gasteiger partial charge is 0.368 e. The lowest BCUT2D eigenvalue weighted by Crippen LogP contribution is -2.47. The van der Waals surface area contributed by atoms with Crippen LogP contribution >= 0.6 is 0 Å². The van der Waals surface area contributed by atoms with Gasteiger partial charge in [0.15, 0.2) is 17.4 Å². The van der Waals surface area contributed by atoms with Crippen molar-refractivity contribution in [1.82, 2.24) is 19.7 Å². The van der Waals surface area contributed by atoms with Crippen molar-refractivity contribution >= 4 is 44.2 Å². The molecule has 0 spiro atoms. The predicted molar refractivity (Wildman–Crippen MR) is 134 cm³/mol.